The molecule has 33 heavy (non-hydrogen) atoms. The normalized spacial score (nSPS) is 18.5. The molecule has 0 aliphatic carbocycles. The van der Waals surface area contributed by atoms with Gasteiger partial charge in [-0.3, -0.25) is 9.59 Å². The highest BCUT2D eigenvalue weighted by Crippen LogP contribution is 2.29. The van der Waals surface area contributed by atoms with E-state index in [0.717, 1.165) is 24.1 Å². The Kier molecular flexibility index (Phi) is 9.18. The Balaban J connectivity index is 1.67. The first kappa shape index (κ1) is 25.1. The number of nitrogens with two attached hydrogens (primary N) is 2. The number of rotatable bonds is 12. The smallest absolute Gasteiger partial charge is 0.222 e. The van der Waals surface area contributed by atoms with Gasteiger partial charge in [-0.1, -0.05) is 67.6 Å². The molecule has 5 N–H and O–H groups in total. The first-order valence-electron chi connectivity index (χ1n) is 11.9. The van der Waals surface area contributed by atoms with E-state index in [2.05, 4.69) is 0 Å². The monoisotopic (exact) mass is 451 g/mol. The van der Waals surface area contributed by atoms with Gasteiger partial charge in [0.05, 0.1) is 6.10 Å². The van der Waals surface area contributed by atoms with Crippen LogP contribution in [0.4, 0.5) is 0 Å². The fourth-order valence-electron chi connectivity index (χ4n) is 4.74. The third-order valence-electron chi connectivity index (χ3n) is 6.56. The van der Waals surface area contributed by atoms with Crippen molar-refractivity contribution >= 4 is 11.7 Å². The second-order valence-electron chi connectivity index (χ2n) is 9.40. The summed E-state index contributed by atoms with van der Waals surface area (Å²) in [5, 5.41) is 10.9. The van der Waals surface area contributed by atoms with Crippen molar-refractivity contribution in [3.8, 4) is 0 Å². The number of nitrogens with zero attached hydrogens (tertiary/aromatic N) is 1. The molecule has 1 saturated heterocycles. The fraction of sp³-hybridized carbons (Fsp3) is 0.481. The number of hydrogen-bond acceptors (Lipinski definition) is 5. The molecule has 5 unspecified atom stereocenters. The summed E-state index contributed by atoms with van der Waals surface area (Å²) in [5.41, 5.74) is 14.7. The molecule has 0 radical (unpaired) electrons. The summed E-state index contributed by atoms with van der Waals surface area (Å²) in [6, 6.07) is 18.4. The summed E-state index contributed by atoms with van der Waals surface area (Å²) in [7, 11) is 0. The van der Waals surface area contributed by atoms with Crippen LogP contribution in [0.1, 0.15) is 62.2 Å². The van der Waals surface area contributed by atoms with Gasteiger partial charge >= 0.3 is 0 Å². The minimum atomic E-state index is -0.751. The summed E-state index contributed by atoms with van der Waals surface area (Å²) in [4.78, 5) is 27.2. The molecule has 3 rings (SSSR count). The van der Waals surface area contributed by atoms with Gasteiger partial charge in [-0.2, -0.15) is 0 Å². The van der Waals surface area contributed by atoms with Crippen molar-refractivity contribution in [2.45, 2.75) is 57.2 Å². The van der Waals surface area contributed by atoms with Crippen LogP contribution in [0.5, 0.6) is 0 Å². The minimum absolute atomic E-state index is 0.0258. The lowest BCUT2D eigenvalue weighted by Gasteiger charge is -2.28. The zero-order valence-corrected chi connectivity index (χ0v) is 19.5. The maximum atomic E-state index is 13.4. The summed E-state index contributed by atoms with van der Waals surface area (Å²) in [6.45, 7) is 3.34. The van der Waals surface area contributed by atoms with Gasteiger partial charge in [-0.25, -0.2) is 0 Å². The van der Waals surface area contributed by atoms with E-state index in [-0.39, 0.29) is 30.1 Å². The van der Waals surface area contributed by atoms with Crippen LogP contribution in [0, 0.1) is 11.8 Å². The lowest BCUT2D eigenvalue weighted by Crippen LogP contribution is -2.35. The molecule has 0 aromatic heterocycles. The van der Waals surface area contributed by atoms with Gasteiger partial charge in [0.2, 0.25) is 5.91 Å². The molecule has 0 saturated carbocycles. The third kappa shape index (κ3) is 7.22. The number of likely N-dealkylation sites (tertiary alicyclic amines) is 1. The van der Waals surface area contributed by atoms with Crippen LogP contribution in [0.2, 0.25) is 0 Å². The number of aliphatic hydroxyl groups is 1. The maximum Gasteiger partial charge on any atom is 0.222 e. The summed E-state index contributed by atoms with van der Waals surface area (Å²) in [6.07, 6.45) is 1.66. The molecule has 2 aromatic carbocycles. The number of hydrogen-bond donors (Lipinski definition) is 3. The third-order valence-corrected chi connectivity index (χ3v) is 6.56. The van der Waals surface area contributed by atoms with E-state index in [9.17, 15) is 14.7 Å². The van der Waals surface area contributed by atoms with E-state index in [0.29, 0.717) is 25.8 Å². The van der Waals surface area contributed by atoms with Gasteiger partial charge in [-0.15, -0.1) is 0 Å². The summed E-state index contributed by atoms with van der Waals surface area (Å²) in [5.74, 6) is -0.300. The molecule has 1 aliphatic heterocycles. The summed E-state index contributed by atoms with van der Waals surface area (Å²) >= 11 is 0. The van der Waals surface area contributed by atoms with Crippen LogP contribution >= 0.6 is 0 Å². The Morgan fingerprint density at radius 1 is 1.00 bits per heavy atom. The van der Waals surface area contributed by atoms with E-state index in [4.69, 9.17) is 11.5 Å². The Morgan fingerprint density at radius 2 is 1.61 bits per heavy atom. The van der Waals surface area contributed by atoms with Gasteiger partial charge in [0.1, 0.15) is 5.78 Å². The number of Topliss-reactive ketones (excluding diaryl/α,β-unsaturated/α-hetero) is 1. The zero-order chi connectivity index (χ0) is 23.8. The SMILES string of the molecule is CC(CC(=O)C(CC(O)CC(N)c1ccccc1)C(N)c1ccccc1)CN1CCCC1=O. The van der Waals surface area contributed by atoms with Gasteiger partial charge in [0.15, 0.2) is 0 Å². The second kappa shape index (κ2) is 12.1. The van der Waals surface area contributed by atoms with Crippen molar-refractivity contribution in [1.82, 2.24) is 4.90 Å². The van der Waals surface area contributed by atoms with Crippen LogP contribution in [-0.4, -0.2) is 40.9 Å². The Morgan fingerprint density at radius 3 is 2.18 bits per heavy atom. The predicted molar refractivity (Wildman–Crippen MR) is 130 cm³/mol. The van der Waals surface area contributed by atoms with E-state index in [1.54, 1.807) is 0 Å². The number of benzene rings is 2. The fourth-order valence-corrected chi connectivity index (χ4v) is 4.74. The van der Waals surface area contributed by atoms with Gasteiger partial charge < -0.3 is 21.5 Å². The highest BCUT2D eigenvalue weighted by atomic mass is 16.3. The number of carbonyl (C=O) groups excluding carboxylic acids is 2. The molecule has 0 bridgehead atoms. The Labute approximate surface area is 197 Å². The number of aliphatic hydroxyl groups excluding tert-OH is 1. The van der Waals surface area contributed by atoms with Crippen LogP contribution in [0.25, 0.3) is 0 Å². The van der Waals surface area contributed by atoms with Crippen LogP contribution in [0.15, 0.2) is 60.7 Å². The Bertz CT molecular complexity index is 890. The first-order chi connectivity index (χ1) is 15.8. The van der Waals surface area contributed by atoms with Crippen molar-refractivity contribution in [3.05, 3.63) is 71.8 Å². The topological polar surface area (TPSA) is 110 Å². The quantitative estimate of drug-likeness (QED) is 0.458. The van der Waals surface area contributed by atoms with Crippen molar-refractivity contribution in [2.24, 2.45) is 23.3 Å². The zero-order valence-electron chi connectivity index (χ0n) is 19.5. The standard InChI is InChI=1S/C27H37N3O3/c1-19(18-30-14-8-13-26(30)33)15-25(32)23(27(29)21-11-6-3-7-12-21)16-22(31)17-24(28)20-9-4-2-5-10-20/h2-7,9-12,19,22-24,27,31H,8,13-18,28-29H2,1H3. The average Bonchev–Trinajstić information content (AvgIpc) is 3.22. The molecule has 6 heteroatoms. The Hall–Kier alpha value is -2.54. The van der Waals surface area contributed by atoms with Crippen LogP contribution < -0.4 is 11.5 Å². The van der Waals surface area contributed by atoms with E-state index < -0.39 is 18.1 Å². The highest BCUT2D eigenvalue weighted by molar-refractivity contribution is 5.82. The lowest BCUT2D eigenvalue weighted by atomic mass is 9.81. The molecular weight excluding hydrogens is 414 g/mol. The molecule has 0 spiro atoms. The van der Waals surface area contributed by atoms with Crippen molar-refractivity contribution < 1.29 is 14.7 Å². The van der Waals surface area contributed by atoms with Crippen molar-refractivity contribution in [1.29, 1.82) is 0 Å². The minimum Gasteiger partial charge on any atom is -0.393 e. The molecule has 1 amide bonds. The predicted octanol–water partition coefficient (Wildman–Crippen LogP) is 3.36. The number of ketones is 1. The van der Waals surface area contributed by atoms with Crippen molar-refractivity contribution in [3.63, 3.8) is 0 Å². The van der Waals surface area contributed by atoms with Crippen molar-refractivity contribution in [2.75, 3.05) is 13.1 Å². The molecule has 6 nitrogen and oxygen atoms in total. The highest BCUT2D eigenvalue weighted by Gasteiger charge is 2.31. The first-order valence-corrected chi connectivity index (χ1v) is 11.9. The van der Waals surface area contributed by atoms with E-state index in [1.807, 2.05) is 72.5 Å². The number of amides is 1. The molecule has 1 heterocycles. The molecule has 1 fully saturated rings. The van der Waals surface area contributed by atoms with Gasteiger partial charge in [0.25, 0.3) is 0 Å². The van der Waals surface area contributed by atoms with Gasteiger partial charge in [-0.05, 0) is 36.3 Å². The molecule has 2 aromatic rings. The lowest BCUT2D eigenvalue weighted by molar-refractivity contribution is -0.130. The second-order valence-corrected chi connectivity index (χ2v) is 9.40. The van der Waals surface area contributed by atoms with Crippen LogP contribution in [-0.2, 0) is 9.59 Å². The van der Waals surface area contributed by atoms with Gasteiger partial charge in [0, 0.05) is 43.9 Å². The van der Waals surface area contributed by atoms with E-state index >= 15 is 0 Å². The molecule has 5 atom stereocenters. The average molecular weight is 452 g/mol. The largest absolute Gasteiger partial charge is 0.393 e. The molecule has 1 aliphatic rings. The van der Waals surface area contributed by atoms with Crippen LogP contribution in [0.3, 0.4) is 0 Å². The number of carbonyl (C=O) groups is 2. The van der Waals surface area contributed by atoms with E-state index in [1.165, 1.54) is 0 Å². The molecule has 178 valence electrons. The summed E-state index contributed by atoms with van der Waals surface area (Å²) < 4.78 is 0. The molecular formula is C27H37N3O3. The maximum absolute atomic E-state index is 13.4.